The van der Waals surface area contributed by atoms with Crippen molar-refractivity contribution in [1.29, 1.82) is 0 Å². The molecule has 0 aliphatic rings. The molecule has 0 fully saturated rings. The molecule has 0 aliphatic heterocycles. The molecule has 2 aromatic rings. The zero-order chi connectivity index (χ0) is 23.2. The number of esters is 1. The van der Waals surface area contributed by atoms with Crippen LogP contribution in [0.15, 0.2) is 42.5 Å². The zero-order valence-corrected chi connectivity index (χ0v) is 19.2. The third-order valence-corrected chi connectivity index (χ3v) is 5.83. The number of aryl methyl sites for hydroxylation is 1. The molecule has 8 nitrogen and oxygen atoms in total. The fraction of sp³-hybridized carbons (Fsp3) is 0.364. The van der Waals surface area contributed by atoms with Crippen LogP contribution in [-0.2, 0) is 19.6 Å². The first-order valence-corrected chi connectivity index (χ1v) is 11.7. The molecule has 168 valence electrons. The molecule has 2 aromatic carbocycles. The maximum atomic E-state index is 13.1. The second-order valence-corrected chi connectivity index (χ2v) is 8.78. The number of rotatable bonds is 9. The van der Waals surface area contributed by atoms with E-state index >= 15 is 0 Å². The van der Waals surface area contributed by atoms with E-state index in [0.717, 1.165) is 16.1 Å². The van der Waals surface area contributed by atoms with Gasteiger partial charge in [-0.1, -0.05) is 13.0 Å². The van der Waals surface area contributed by atoms with Gasteiger partial charge in [-0.3, -0.25) is 9.10 Å². The van der Waals surface area contributed by atoms with Crippen molar-refractivity contribution < 1.29 is 27.5 Å². The fourth-order valence-electron chi connectivity index (χ4n) is 3.13. The van der Waals surface area contributed by atoms with Crippen LogP contribution in [0, 0.1) is 6.92 Å². The summed E-state index contributed by atoms with van der Waals surface area (Å²) in [7, 11) is -2.50. The molecule has 9 heteroatoms. The first-order valence-electron chi connectivity index (χ1n) is 9.84. The molecule has 1 N–H and O–H groups in total. The summed E-state index contributed by atoms with van der Waals surface area (Å²) in [6, 6.07) is 10.3. The van der Waals surface area contributed by atoms with Gasteiger partial charge in [0.2, 0.25) is 15.9 Å². The second-order valence-electron chi connectivity index (χ2n) is 6.92. The number of carbonyl (C=O) groups is 2. The monoisotopic (exact) mass is 448 g/mol. The second kappa shape index (κ2) is 10.3. The van der Waals surface area contributed by atoms with Crippen molar-refractivity contribution in [2.75, 3.05) is 29.6 Å². The van der Waals surface area contributed by atoms with Crippen LogP contribution in [0.25, 0.3) is 0 Å². The van der Waals surface area contributed by atoms with Crippen molar-refractivity contribution in [1.82, 2.24) is 0 Å². The number of nitrogens with one attached hydrogen (secondary N) is 1. The van der Waals surface area contributed by atoms with E-state index in [2.05, 4.69) is 5.32 Å². The molecule has 0 aromatic heterocycles. The number of anilines is 2. The van der Waals surface area contributed by atoms with E-state index in [0.29, 0.717) is 23.7 Å². The fourth-order valence-corrected chi connectivity index (χ4v) is 4.35. The summed E-state index contributed by atoms with van der Waals surface area (Å²) in [6.07, 6.45) is 1.30. The predicted octanol–water partition coefficient (Wildman–Crippen LogP) is 3.36. The van der Waals surface area contributed by atoms with Gasteiger partial charge in [0.1, 0.15) is 11.8 Å². The van der Waals surface area contributed by atoms with Crippen LogP contribution in [0.2, 0.25) is 0 Å². The predicted molar refractivity (Wildman–Crippen MR) is 120 cm³/mol. The highest BCUT2D eigenvalue weighted by Gasteiger charge is 2.32. The summed E-state index contributed by atoms with van der Waals surface area (Å²) in [5, 5.41) is 2.76. The summed E-state index contributed by atoms with van der Waals surface area (Å²) >= 11 is 0. The van der Waals surface area contributed by atoms with Crippen LogP contribution in [-0.4, -0.2) is 46.3 Å². The number of ether oxygens (including phenoxy) is 2. The largest absolute Gasteiger partial charge is 0.494 e. The lowest BCUT2D eigenvalue weighted by molar-refractivity contribution is -0.117. The molecule has 2 rings (SSSR count). The van der Waals surface area contributed by atoms with Gasteiger partial charge in [0.25, 0.3) is 0 Å². The van der Waals surface area contributed by atoms with Crippen molar-refractivity contribution in [3.63, 3.8) is 0 Å². The van der Waals surface area contributed by atoms with Gasteiger partial charge in [0.05, 0.1) is 31.2 Å². The average Bonchev–Trinajstić information content (AvgIpc) is 2.73. The molecular formula is C22H28N2O6S. The minimum absolute atomic E-state index is 0.238. The molecule has 0 bridgehead atoms. The number of sulfonamides is 1. The number of methoxy groups -OCH3 is 1. The molecular weight excluding hydrogens is 420 g/mol. The van der Waals surface area contributed by atoms with Crippen LogP contribution >= 0.6 is 0 Å². The lowest BCUT2D eigenvalue weighted by atomic mass is 10.1. The van der Waals surface area contributed by atoms with Crippen LogP contribution < -0.4 is 14.4 Å². The molecule has 0 saturated carbocycles. The SMILES string of the molecule is CCOc1ccc(N([C@H](CC)C(=O)Nc2cc(C(=O)OC)ccc2C)S(C)(=O)=O)cc1. The minimum atomic E-state index is -3.77. The third kappa shape index (κ3) is 5.97. The number of hydrogen-bond acceptors (Lipinski definition) is 6. The van der Waals surface area contributed by atoms with Gasteiger partial charge >= 0.3 is 5.97 Å². The highest BCUT2D eigenvalue weighted by atomic mass is 32.2. The van der Waals surface area contributed by atoms with Crippen LogP contribution in [0.1, 0.15) is 36.2 Å². The van der Waals surface area contributed by atoms with Gasteiger partial charge in [-0.05, 0) is 62.2 Å². The van der Waals surface area contributed by atoms with E-state index in [1.54, 1.807) is 50.2 Å². The number of benzene rings is 2. The Morgan fingerprint density at radius 1 is 1.10 bits per heavy atom. The molecule has 0 unspecified atom stereocenters. The number of amides is 1. The molecule has 0 aliphatic carbocycles. The Morgan fingerprint density at radius 3 is 2.26 bits per heavy atom. The van der Waals surface area contributed by atoms with Gasteiger partial charge in [0.15, 0.2) is 0 Å². The molecule has 1 amide bonds. The number of hydrogen-bond donors (Lipinski definition) is 1. The van der Waals surface area contributed by atoms with Crippen molar-refractivity contribution in [3.8, 4) is 5.75 Å². The van der Waals surface area contributed by atoms with Gasteiger partial charge in [-0.25, -0.2) is 13.2 Å². The van der Waals surface area contributed by atoms with E-state index in [-0.39, 0.29) is 12.0 Å². The third-order valence-electron chi connectivity index (χ3n) is 4.65. The Kier molecular flexibility index (Phi) is 8.04. The molecule has 0 spiro atoms. The molecule has 31 heavy (non-hydrogen) atoms. The summed E-state index contributed by atoms with van der Waals surface area (Å²) in [6.45, 7) is 5.84. The Balaban J connectivity index is 2.38. The molecule has 0 heterocycles. The van der Waals surface area contributed by atoms with E-state index in [1.165, 1.54) is 13.2 Å². The average molecular weight is 449 g/mol. The Hall–Kier alpha value is -3.07. The minimum Gasteiger partial charge on any atom is -0.494 e. The van der Waals surface area contributed by atoms with E-state index in [9.17, 15) is 18.0 Å². The van der Waals surface area contributed by atoms with Gasteiger partial charge in [0, 0.05) is 5.69 Å². The Labute approximate surface area is 183 Å². The topological polar surface area (TPSA) is 102 Å². The van der Waals surface area contributed by atoms with E-state index in [4.69, 9.17) is 9.47 Å². The summed E-state index contributed by atoms with van der Waals surface area (Å²) in [5.41, 5.74) is 1.77. The van der Waals surface area contributed by atoms with E-state index < -0.39 is 27.9 Å². The number of nitrogens with zero attached hydrogens (tertiary/aromatic N) is 1. The van der Waals surface area contributed by atoms with Gasteiger partial charge in [-0.15, -0.1) is 0 Å². The van der Waals surface area contributed by atoms with Crippen molar-refractivity contribution in [2.45, 2.75) is 33.2 Å². The number of carbonyl (C=O) groups excluding carboxylic acids is 2. The highest BCUT2D eigenvalue weighted by molar-refractivity contribution is 7.92. The first kappa shape index (κ1) is 24.2. The Morgan fingerprint density at radius 2 is 1.74 bits per heavy atom. The standard InChI is InChI=1S/C22H28N2O6S/c1-6-20(21(25)23-19-14-16(22(26)29-4)9-8-15(19)3)24(31(5,27)28)17-10-12-18(13-11-17)30-7-2/h8-14,20H,6-7H2,1-5H3,(H,23,25)/t20-/m1/s1. The highest BCUT2D eigenvalue weighted by Crippen LogP contribution is 2.26. The maximum absolute atomic E-state index is 13.1. The lowest BCUT2D eigenvalue weighted by Crippen LogP contribution is -2.47. The summed E-state index contributed by atoms with van der Waals surface area (Å²) in [5.74, 6) is -0.436. The van der Waals surface area contributed by atoms with E-state index in [1.807, 2.05) is 6.92 Å². The maximum Gasteiger partial charge on any atom is 0.337 e. The molecule has 0 radical (unpaired) electrons. The Bertz CT molecular complexity index is 1030. The van der Waals surface area contributed by atoms with Crippen molar-refractivity contribution >= 4 is 33.3 Å². The summed E-state index contributed by atoms with van der Waals surface area (Å²) in [4.78, 5) is 24.9. The molecule has 0 saturated heterocycles. The van der Waals surface area contributed by atoms with Crippen molar-refractivity contribution in [3.05, 3.63) is 53.6 Å². The summed E-state index contributed by atoms with van der Waals surface area (Å²) < 4.78 is 36.4. The van der Waals surface area contributed by atoms with Crippen LogP contribution in [0.5, 0.6) is 5.75 Å². The normalized spacial score (nSPS) is 12.0. The lowest BCUT2D eigenvalue weighted by Gasteiger charge is -2.30. The van der Waals surface area contributed by atoms with Gasteiger partial charge < -0.3 is 14.8 Å². The van der Waals surface area contributed by atoms with Crippen molar-refractivity contribution in [2.24, 2.45) is 0 Å². The quantitative estimate of drug-likeness (QED) is 0.590. The van der Waals surface area contributed by atoms with Crippen LogP contribution in [0.3, 0.4) is 0 Å². The van der Waals surface area contributed by atoms with Crippen LogP contribution in [0.4, 0.5) is 11.4 Å². The first-order chi connectivity index (χ1) is 14.6. The smallest absolute Gasteiger partial charge is 0.337 e. The molecule has 1 atom stereocenters. The van der Waals surface area contributed by atoms with Gasteiger partial charge in [-0.2, -0.15) is 0 Å². The zero-order valence-electron chi connectivity index (χ0n) is 18.3.